The Morgan fingerprint density at radius 3 is 2.30 bits per heavy atom. The first-order valence-corrected chi connectivity index (χ1v) is 14.0. The number of hydrogen-bond acceptors (Lipinski definition) is 7. The van der Waals surface area contributed by atoms with Crippen molar-refractivity contribution in [3.05, 3.63) is 71.5 Å². The van der Waals surface area contributed by atoms with Crippen molar-refractivity contribution in [2.24, 2.45) is 5.14 Å². The fourth-order valence-corrected chi connectivity index (χ4v) is 4.96. The van der Waals surface area contributed by atoms with E-state index in [9.17, 15) is 26.0 Å². The standard InChI is InChI=1S/C27H26F4N6O2S/c1-15(2)20-13-19(40(32,38)39)8-5-17(20)14-33-25-35-22-10-9-21(16-3-6-18(28)7-4-16)34-23(22)24(36-25)37-26(11-12-26)27(29,30)31/h3-10,13,15H,11-12,14H2,1-2H3,(H2,32,38,39)(H2,33,35,36,37). The van der Waals surface area contributed by atoms with Gasteiger partial charge in [0, 0.05) is 12.1 Å². The van der Waals surface area contributed by atoms with Crippen molar-refractivity contribution >= 4 is 32.8 Å². The van der Waals surface area contributed by atoms with Gasteiger partial charge in [0.05, 0.1) is 16.1 Å². The second kappa shape index (κ2) is 9.97. The summed E-state index contributed by atoms with van der Waals surface area (Å²) in [5.41, 5.74) is 0.830. The van der Waals surface area contributed by atoms with Gasteiger partial charge >= 0.3 is 6.18 Å². The number of primary sulfonamides is 1. The van der Waals surface area contributed by atoms with Crippen LogP contribution in [0.2, 0.25) is 0 Å². The highest BCUT2D eigenvalue weighted by atomic mass is 32.2. The van der Waals surface area contributed by atoms with Crippen molar-refractivity contribution in [2.45, 2.75) is 55.8 Å². The highest BCUT2D eigenvalue weighted by Gasteiger charge is 2.64. The summed E-state index contributed by atoms with van der Waals surface area (Å²) in [5, 5.41) is 10.9. The van der Waals surface area contributed by atoms with Crippen LogP contribution in [-0.4, -0.2) is 35.1 Å². The van der Waals surface area contributed by atoms with Gasteiger partial charge in [-0.1, -0.05) is 19.9 Å². The highest BCUT2D eigenvalue weighted by Crippen LogP contribution is 2.51. The van der Waals surface area contributed by atoms with Gasteiger partial charge in [0.1, 0.15) is 16.9 Å². The van der Waals surface area contributed by atoms with E-state index in [1.54, 1.807) is 18.2 Å². The minimum Gasteiger partial charge on any atom is -0.354 e. The Morgan fingerprint density at radius 1 is 1.00 bits per heavy atom. The third-order valence-corrected chi connectivity index (χ3v) is 7.75. The molecule has 5 rings (SSSR count). The Balaban J connectivity index is 1.53. The fraction of sp³-hybridized carbons (Fsp3) is 0.296. The van der Waals surface area contributed by atoms with Gasteiger partial charge in [0.15, 0.2) is 5.82 Å². The van der Waals surface area contributed by atoms with E-state index >= 15 is 0 Å². The number of anilines is 2. The average molecular weight is 575 g/mol. The number of nitrogens with one attached hydrogen (secondary N) is 2. The van der Waals surface area contributed by atoms with Gasteiger partial charge in [0.25, 0.3) is 0 Å². The molecule has 1 aliphatic carbocycles. The molecule has 1 saturated carbocycles. The van der Waals surface area contributed by atoms with Crippen LogP contribution in [0, 0.1) is 5.82 Å². The lowest BCUT2D eigenvalue weighted by Crippen LogP contribution is -2.39. The summed E-state index contributed by atoms with van der Waals surface area (Å²) >= 11 is 0. The van der Waals surface area contributed by atoms with Gasteiger partial charge in [-0.2, -0.15) is 18.2 Å². The molecule has 8 nitrogen and oxygen atoms in total. The Kier molecular flexibility index (Phi) is 6.91. The topological polar surface area (TPSA) is 123 Å². The smallest absolute Gasteiger partial charge is 0.354 e. The Hall–Kier alpha value is -3.84. The summed E-state index contributed by atoms with van der Waals surface area (Å²) < 4.78 is 78.6. The summed E-state index contributed by atoms with van der Waals surface area (Å²) in [6.07, 6.45) is -4.70. The van der Waals surface area contributed by atoms with Crippen LogP contribution in [0.5, 0.6) is 0 Å². The maximum Gasteiger partial charge on any atom is 0.411 e. The number of alkyl halides is 3. The lowest BCUT2D eigenvalue weighted by atomic mass is 9.97. The van der Waals surface area contributed by atoms with Crippen LogP contribution in [0.3, 0.4) is 0 Å². The van der Waals surface area contributed by atoms with Gasteiger partial charge in [-0.25, -0.2) is 27.9 Å². The van der Waals surface area contributed by atoms with Crippen molar-refractivity contribution in [1.82, 2.24) is 15.0 Å². The molecule has 40 heavy (non-hydrogen) atoms. The number of benzene rings is 2. The molecule has 2 heterocycles. The molecule has 2 aromatic heterocycles. The van der Waals surface area contributed by atoms with E-state index in [4.69, 9.17) is 5.14 Å². The number of pyridine rings is 1. The summed E-state index contributed by atoms with van der Waals surface area (Å²) in [6.45, 7) is 3.97. The molecule has 4 aromatic rings. The highest BCUT2D eigenvalue weighted by molar-refractivity contribution is 7.89. The summed E-state index contributed by atoms with van der Waals surface area (Å²) in [6, 6.07) is 13.4. The van der Waals surface area contributed by atoms with Crippen LogP contribution in [0.15, 0.2) is 59.5 Å². The second-order valence-electron chi connectivity index (χ2n) is 10.1. The number of nitrogens with zero attached hydrogens (tertiary/aromatic N) is 3. The zero-order valence-electron chi connectivity index (χ0n) is 21.6. The molecule has 1 aliphatic rings. The van der Waals surface area contributed by atoms with Crippen molar-refractivity contribution in [2.75, 3.05) is 10.6 Å². The lowest BCUT2D eigenvalue weighted by Gasteiger charge is -2.22. The molecular weight excluding hydrogens is 548 g/mol. The Labute approximate surface area is 228 Å². The van der Waals surface area contributed by atoms with Crippen LogP contribution < -0.4 is 15.8 Å². The van der Waals surface area contributed by atoms with Gasteiger partial charge in [0.2, 0.25) is 16.0 Å². The molecule has 0 unspecified atom stereocenters. The predicted molar refractivity (Wildman–Crippen MR) is 144 cm³/mol. The normalized spacial score (nSPS) is 14.9. The average Bonchev–Trinajstić information content (AvgIpc) is 3.68. The van der Waals surface area contributed by atoms with Crippen molar-refractivity contribution in [3.63, 3.8) is 0 Å². The molecule has 4 N–H and O–H groups in total. The predicted octanol–water partition coefficient (Wildman–Crippen LogP) is 5.72. The minimum atomic E-state index is -4.50. The first-order valence-electron chi connectivity index (χ1n) is 12.4. The quantitative estimate of drug-likeness (QED) is 0.230. The van der Waals surface area contributed by atoms with Gasteiger partial charge in [-0.3, -0.25) is 0 Å². The largest absolute Gasteiger partial charge is 0.411 e. The first-order chi connectivity index (χ1) is 18.8. The van der Waals surface area contributed by atoms with Crippen LogP contribution >= 0.6 is 0 Å². The third kappa shape index (κ3) is 5.56. The van der Waals surface area contributed by atoms with Gasteiger partial charge in [-0.15, -0.1) is 0 Å². The number of hydrogen-bond donors (Lipinski definition) is 3. The van der Waals surface area contributed by atoms with Crippen LogP contribution in [0.25, 0.3) is 22.3 Å². The molecule has 0 spiro atoms. The molecule has 2 aromatic carbocycles. The minimum absolute atomic E-state index is 0.0155. The Bertz CT molecular complexity index is 1690. The van der Waals surface area contributed by atoms with Crippen LogP contribution in [-0.2, 0) is 16.6 Å². The molecule has 0 amide bonds. The van der Waals surface area contributed by atoms with E-state index in [2.05, 4.69) is 25.6 Å². The second-order valence-corrected chi connectivity index (χ2v) is 11.6. The summed E-state index contributed by atoms with van der Waals surface area (Å²) in [5.74, 6) is -0.481. The SMILES string of the molecule is CC(C)c1cc(S(N)(=O)=O)ccc1CNc1nc(NC2(C(F)(F)F)CC2)c2nc(-c3ccc(F)cc3)ccc2n1. The van der Waals surface area contributed by atoms with Crippen LogP contribution in [0.4, 0.5) is 29.3 Å². The van der Waals surface area contributed by atoms with Crippen molar-refractivity contribution < 1.29 is 26.0 Å². The number of sulfonamides is 1. The summed E-state index contributed by atoms with van der Waals surface area (Å²) in [7, 11) is -3.89. The van der Waals surface area contributed by atoms with E-state index in [1.807, 2.05) is 13.8 Å². The zero-order chi connectivity index (χ0) is 28.9. The Morgan fingerprint density at radius 2 is 1.70 bits per heavy atom. The fourth-order valence-electron chi connectivity index (χ4n) is 4.42. The van der Waals surface area contributed by atoms with E-state index in [0.717, 1.165) is 11.1 Å². The van der Waals surface area contributed by atoms with Crippen molar-refractivity contribution in [1.29, 1.82) is 0 Å². The molecular formula is C27H26F4N6O2S. The van der Waals surface area contributed by atoms with Gasteiger partial charge < -0.3 is 10.6 Å². The van der Waals surface area contributed by atoms with E-state index < -0.39 is 27.6 Å². The number of rotatable bonds is 8. The zero-order valence-corrected chi connectivity index (χ0v) is 22.4. The lowest BCUT2D eigenvalue weighted by molar-refractivity contribution is -0.151. The molecule has 0 aliphatic heterocycles. The van der Waals surface area contributed by atoms with E-state index in [-0.39, 0.29) is 47.5 Å². The van der Waals surface area contributed by atoms with Gasteiger partial charge in [-0.05, 0) is 78.4 Å². The molecule has 13 heteroatoms. The summed E-state index contributed by atoms with van der Waals surface area (Å²) in [4.78, 5) is 13.3. The number of nitrogens with two attached hydrogens (primary N) is 1. The maximum absolute atomic E-state index is 13.8. The van der Waals surface area contributed by atoms with E-state index in [0.29, 0.717) is 16.8 Å². The monoisotopic (exact) mass is 574 g/mol. The van der Waals surface area contributed by atoms with E-state index in [1.165, 1.54) is 36.4 Å². The molecule has 0 saturated heterocycles. The molecule has 0 atom stereocenters. The number of aromatic nitrogens is 3. The third-order valence-electron chi connectivity index (χ3n) is 6.84. The number of halogens is 4. The molecule has 1 fully saturated rings. The molecule has 0 radical (unpaired) electrons. The number of fused-ring (bicyclic) bond motifs is 1. The molecule has 210 valence electrons. The van der Waals surface area contributed by atoms with Crippen molar-refractivity contribution in [3.8, 4) is 11.3 Å². The molecule has 0 bridgehead atoms. The maximum atomic E-state index is 13.8. The first kappa shape index (κ1) is 27.7. The van der Waals surface area contributed by atoms with Crippen LogP contribution in [0.1, 0.15) is 43.7 Å².